The summed E-state index contributed by atoms with van der Waals surface area (Å²) in [5, 5.41) is 27.9. The first-order chi connectivity index (χ1) is 9.34. The Labute approximate surface area is 109 Å². The zero-order valence-electron chi connectivity index (χ0n) is 9.89. The van der Waals surface area contributed by atoms with Gasteiger partial charge in [-0.1, -0.05) is 0 Å². The van der Waals surface area contributed by atoms with Gasteiger partial charge in [0.1, 0.15) is 18.8 Å². The Kier molecular flexibility index (Phi) is 3.56. The molecule has 1 aliphatic rings. The molecular weight excluding hydrogens is 279 g/mol. The number of aliphatic hydroxyl groups excluding tert-OH is 3. The Morgan fingerprint density at radius 3 is 2.65 bits per heavy atom. The topological polar surface area (TPSA) is 142 Å². The van der Waals surface area contributed by atoms with E-state index in [1.807, 2.05) is 0 Å². The summed E-state index contributed by atoms with van der Waals surface area (Å²) in [6, 6.07) is 0. The number of aldehydes is 1. The van der Waals surface area contributed by atoms with E-state index >= 15 is 0 Å². The van der Waals surface area contributed by atoms with Crippen LogP contribution in [-0.4, -0.2) is 55.8 Å². The number of alkyl halides is 1. The second-order valence-electron chi connectivity index (χ2n) is 4.26. The molecule has 2 rings (SSSR count). The molecule has 0 radical (unpaired) electrons. The summed E-state index contributed by atoms with van der Waals surface area (Å²) in [6.07, 6.45) is -4.77. The Balaban J connectivity index is 2.50. The van der Waals surface area contributed by atoms with Crippen molar-refractivity contribution >= 4 is 6.29 Å². The average molecular weight is 290 g/mol. The number of aliphatic hydroxyl groups is 3. The van der Waals surface area contributed by atoms with E-state index in [4.69, 9.17) is 5.11 Å². The van der Waals surface area contributed by atoms with Gasteiger partial charge in [-0.25, -0.2) is 9.18 Å². The van der Waals surface area contributed by atoms with Crippen LogP contribution in [0.4, 0.5) is 4.39 Å². The number of aromatic amines is 1. The van der Waals surface area contributed by atoms with Crippen LogP contribution in [-0.2, 0) is 4.74 Å². The molecule has 9 nitrogen and oxygen atoms in total. The van der Waals surface area contributed by atoms with E-state index in [0.717, 1.165) is 6.20 Å². The third kappa shape index (κ3) is 2.08. The Bertz CT molecular complexity index is 641. The van der Waals surface area contributed by atoms with E-state index < -0.39 is 47.7 Å². The van der Waals surface area contributed by atoms with Gasteiger partial charge in [0.2, 0.25) is 0 Å². The molecule has 110 valence electrons. The number of carbonyl (C=O) groups excluding carboxylic acids is 1. The number of halogens is 1. The molecule has 1 aromatic rings. The number of aromatic nitrogens is 2. The van der Waals surface area contributed by atoms with E-state index in [2.05, 4.69) is 4.74 Å². The number of H-pyrrole nitrogens is 1. The van der Waals surface area contributed by atoms with Crippen molar-refractivity contribution < 1.29 is 29.2 Å². The van der Waals surface area contributed by atoms with Gasteiger partial charge in [-0.2, -0.15) is 0 Å². The van der Waals surface area contributed by atoms with Crippen molar-refractivity contribution in [3.05, 3.63) is 32.6 Å². The van der Waals surface area contributed by atoms with E-state index in [-0.39, 0.29) is 6.29 Å². The molecule has 0 saturated carbocycles. The average Bonchev–Trinajstić information content (AvgIpc) is 2.64. The first kappa shape index (κ1) is 14.5. The fraction of sp³-hybridized carbons (Fsp3) is 0.500. The van der Waals surface area contributed by atoms with Crippen molar-refractivity contribution in [1.29, 1.82) is 0 Å². The fourth-order valence-electron chi connectivity index (χ4n) is 1.88. The van der Waals surface area contributed by atoms with Crippen LogP contribution in [0.2, 0.25) is 0 Å². The first-order valence-electron chi connectivity index (χ1n) is 5.48. The number of rotatable bonds is 3. The predicted molar refractivity (Wildman–Crippen MR) is 59.8 cm³/mol. The lowest BCUT2D eigenvalue weighted by Crippen LogP contribution is -2.42. The maximum absolute atomic E-state index is 13.9. The van der Waals surface area contributed by atoms with E-state index in [0.29, 0.717) is 4.57 Å². The molecule has 2 heterocycles. The monoisotopic (exact) mass is 290 g/mol. The van der Waals surface area contributed by atoms with Crippen molar-refractivity contribution in [2.75, 3.05) is 6.61 Å². The third-order valence-corrected chi connectivity index (χ3v) is 2.99. The highest BCUT2D eigenvalue weighted by atomic mass is 19.2. The lowest BCUT2D eigenvalue weighted by atomic mass is 10.1. The second kappa shape index (κ2) is 4.90. The summed E-state index contributed by atoms with van der Waals surface area (Å²) in [5.74, 6) is -2.96. The minimum absolute atomic E-state index is 0.154. The van der Waals surface area contributed by atoms with Crippen molar-refractivity contribution in [3.63, 3.8) is 0 Å². The molecule has 0 aliphatic carbocycles. The summed E-state index contributed by atoms with van der Waals surface area (Å²) < 4.78 is 19.1. The molecule has 0 aromatic carbocycles. The summed E-state index contributed by atoms with van der Waals surface area (Å²) in [5.41, 5.74) is -2.47. The van der Waals surface area contributed by atoms with Crippen LogP contribution in [0.15, 0.2) is 15.8 Å². The van der Waals surface area contributed by atoms with E-state index in [1.54, 1.807) is 4.98 Å². The first-order valence-corrected chi connectivity index (χ1v) is 5.48. The van der Waals surface area contributed by atoms with Gasteiger partial charge in [0.25, 0.3) is 11.4 Å². The Morgan fingerprint density at radius 2 is 2.15 bits per heavy atom. The van der Waals surface area contributed by atoms with Gasteiger partial charge in [0, 0.05) is 6.20 Å². The number of carbonyl (C=O) groups is 1. The van der Waals surface area contributed by atoms with E-state index in [1.165, 1.54) is 0 Å². The van der Waals surface area contributed by atoms with Crippen molar-refractivity contribution in [2.45, 2.75) is 24.3 Å². The van der Waals surface area contributed by atoms with Gasteiger partial charge in [-0.05, 0) is 0 Å². The zero-order valence-corrected chi connectivity index (χ0v) is 9.89. The highest BCUT2D eigenvalue weighted by Gasteiger charge is 2.55. The van der Waals surface area contributed by atoms with Gasteiger partial charge in [0.05, 0.1) is 5.56 Å². The standard InChI is InChI=1S/C10H11FN2O7/c11-10(3-15)6(17)5(16)8(20-10)13-1-4(2-14)7(18)12-9(13)19/h1-2,5-6,8,15-17H,3H2,(H,12,18,19)/t5-,6+,8-,10-/m1/s1. The summed E-state index contributed by atoms with van der Waals surface area (Å²) in [7, 11) is 0. The Morgan fingerprint density at radius 1 is 1.50 bits per heavy atom. The molecule has 4 atom stereocenters. The normalized spacial score (nSPS) is 33.3. The number of hydrogen-bond acceptors (Lipinski definition) is 7. The van der Waals surface area contributed by atoms with Gasteiger partial charge in [-0.3, -0.25) is 19.1 Å². The molecule has 1 fully saturated rings. The molecular formula is C10H11FN2O7. The fourth-order valence-corrected chi connectivity index (χ4v) is 1.88. The van der Waals surface area contributed by atoms with Crippen LogP contribution < -0.4 is 11.2 Å². The summed E-state index contributed by atoms with van der Waals surface area (Å²) in [6.45, 7) is -1.25. The van der Waals surface area contributed by atoms with Crippen LogP contribution in [0.3, 0.4) is 0 Å². The van der Waals surface area contributed by atoms with Crippen molar-refractivity contribution in [1.82, 2.24) is 9.55 Å². The molecule has 20 heavy (non-hydrogen) atoms. The van der Waals surface area contributed by atoms with Crippen LogP contribution in [0.1, 0.15) is 16.6 Å². The van der Waals surface area contributed by atoms with Gasteiger partial charge in [-0.15, -0.1) is 0 Å². The summed E-state index contributed by atoms with van der Waals surface area (Å²) >= 11 is 0. The molecule has 4 N–H and O–H groups in total. The molecule has 0 bridgehead atoms. The number of nitrogens with one attached hydrogen (secondary N) is 1. The van der Waals surface area contributed by atoms with Crippen LogP contribution in [0.25, 0.3) is 0 Å². The third-order valence-electron chi connectivity index (χ3n) is 2.99. The SMILES string of the molecule is O=Cc1cn([C@@H]2O[C@](F)(CO)[C@@H](O)[C@H]2O)c(=O)[nH]c1=O. The maximum Gasteiger partial charge on any atom is 0.330 e. The van der Waals surface area contributed by atoms with Crippen LogP contribution >= 0.6 is 0 Å². The molecule has 0 spiro atoms. The van der Waals surface area contributed by atoms with Crippen LogP contribution in [0.5, 0.6) is 0 Å². The molecule has 0 amide bonds. The molecule has 1 aromatic heterocycles. The molecule has 0 unspecified atom stereocenters. The quantitative estimate of drug-likeness (QED) is 0.442. The van der Waals surface area contributed by atoms with Crippen LogP contribution in [0, 0.1) is 0 Å². The van der Waals surface area contributed by atoms with Crippen molar-refractivity contribution in [2.24, 2.45) is 0 Å². The minimum atomic E-state index is -2.96. The largest absolute Gasteiger partial charge is 0.390 e. The number of ether oxygens (including phenoxy) is 1. The second-order valence-corrected chi connectivity index (χ2v) is 4.26. The Hall–Kier alpha value is -1.88. The molecule has 1 saturated heterocycles. The van der Waals surface area contributed by atoms with Gasteiger partial charge >= 0.3 is 5.69 Å². The minimum Gasteiger partial charge on any atom is -0.390 e. The predicted octanol–water partition coefficient (Wildman–Crippen LogP) is -2.74. The lowest BCUT2D eigenvalue weighted by Gasteiger charge is -2.19. The molecule has 1 aliphatic heterocycles. The zero-order chi connectivity index (χ0) is 15.1. The smallest absolute Gasteiger partial charge is 0.330 e. The lowest BCUT2D eigenvalue weighted by molar-refractivity contribution is -0.207. The van der Waals surface area contributed by atoms with Gasteiger partial charge in [0.15, 0.2) is 12.5 Å². The van der Waals surface area contributed by atoms with Gasteiger partial charge < -0.3 is 20.1 Å². The number of nitrogens with zero attached hydrogens (tertiary/aromatic N) is 1. The number of hydrogen-bond donors (Lipinski definition) is 4. The molecule has 10 heteroatoms. The summed E-state index contributed by atoms with van der Waals surface area (Å²) in [4.78, 5) is 35.2. The maximum atomic E-state index is 13.9. The highest BCUT2D eigenvalue weighted by molar-refractivity contribution is 5.73. The van der Waals surface area contributed by atoms with E-state index in [9.17, 15) is 29.0 Å². The highest BCUT2D eigenvalue weighted by Crippen LogP contribution is 2.37. The van der Waals surface area contributed by atoms with Crippen molar-refractivity contribution in [3.8, 4) is 0 Å².